The molecule has 0 saturated carbocycles. The molecule has 2 aliphatic carbocycles. The Labute approximate surface area is 103 Å². The highest BCUT2D eigenvalue weighted by Crippen LogP contribution is 2.30. The van der Waals surface area contributed by atoms with Gasteiger partial charge in [0.15, 0.2) is 0 Å². The van der Waals surface area contributed by atoms with Crippen molar-refractivity contribution in [2.24, 2.45) is 0 Å². The molecule has 2 heteroatoms. The number of carbonyl (C=O) groups excluding carboxylic acids is 1. The molecule has 0 N–H and O–H groups in total. The van der Waals surface area contributed by atoms with Gasteiger partial charge in [-0.05, 0) is 44.1 Å². The molecule has 0 radical (unpaired) electrons. The molecule has 0 amide bonds. The molecule has 0 aromatic heterocycles. The first-order chi connectivity index (χ1) is 8.29. The fourth-order valence-electron chi connectivity index (χ4n) is 2.59. The summed E-state index contributed by atoms with van der Waals surface area (Å²) in [4.78, 5) is 11.4. The maximum absolute atomic E-state index is 11.4. The molecule has 2 aliphatic rings. The maximum atomic E-state index is 11.4. The zero-order chi connectivity index (χ0) is 12.1. The predicted molar refractivity (Wildman–Crippen MR) is 68.6 cm³/mol. The van der Waals surface area contributed by atoms with Crippen LogP contribution >= 0.6 is 0 Å². The fraction of sp³-hybridized carbons (Fsp3) is 0.533. The molecule has 0 aliphatic heterocycles. The van der Waals surface area contributed by atoms with Gasteiger partial charge in [0.1, 0.15) is 6.10 Å². The highest BCUT2D eigenvalue weighted by atomic mass is 16.5. The largest absolute Gasteiger partial charge is 0.454 e. The second-order valence-electron chi connectivity index (χ2n) is 4.76. The van der Waals surface area contributed by atoms with Crippen molar-refractivity contribution in [2.75, 3.05) is 0 Å². The van der Waals surface area contributed by atoms with Crippen LogP contribution in [0.1, 0.15) is 44.9 Å². The van der Waals surface area contributed by atoms with E-state index in [1.54, 1.807) is 0 Å². The number of hydrogen-bond donors (Lipinski definition) is 0. The van der Waals surface area contributed by atoms with E-state index in [0.717, 1.165) is 25.7 Å². The monoisotopic (exact) mass is 232 g/mol. The fourth-order valence-corrected chi connectivity index (χ4v) is 2.59. The molecule has 0 fully saturated rings. The van der Waals surface area contributed by atoms with Crippen molar-refractivity contribution >= 4 is 5.97 Å². The summed E-state index contributed by atoms with van der Waals surface area (Å²) >= 11 is 0. The van der Waals surface area contributed by atoms with Gasteiger partial charge in [-0.3, -0.25) is 0 Å². The van der Waals surface area contributed by atoms with Gasteiger partial charge >= 0.3 is 5.97 Å². The minimum Gasteiger partial charge on any atom is -0.454 e. The lowest BCUT2D eigenvalue weighted by Crippen LogP contribution is -2.19. The minimum absolute atomic E-state index is 0.0488. The summed E-state index contributed by atoms with van der Waals surface area (Å²) in [5.74, 6) is -0.304. The molecule has 0 spiro atoms. The average molecular weight is 232 g/mol. The Bertz CT molecular complexity index is 363. The van der Waals surface area contributed by atoms with Gasteiger partial charge in [-0.2, -0.15) is 0 Å². The van der Waals surface area contributed by atoms with Gasteiger partial charge in [0.05, 0.1) is 0 Å². The minimum atomic E-state index is -0.304. The molecule has 0 aromatic rings. The van der Waals surface area contributed by atoms with Crippen molar-refractivity contribution in [3.63, 3.8) is 0 Å². The van der Waals surface area contributed by atoms with Gasteiger partial charge in [0, 0.05) is 12.5 Å². The first-order valence-corrected chi connectivity index (χ1v) is 6.49. The lowest BCUT2D eigenvalue weighted by atomic mass is 10.0. The molecule has 17 heavy (non-hydrogen) atoms. The van der Waals surface area contributed by atoms with Gasteiger partial charge in [0.25, 0.3) is 0 Å². The molecule has 0 aromatic carbocycles. The number of carbonyl (C=O) groups is 1. The third-order valence-corrected chi connectivity index (χ3v) is 3.50. The van der Waals surface area contributed by atoms with Crippen molar-refractivity contribution in [3.8, 4) is 0 Å². The Hall–Kier alpha value is -1.31. The SMILES string of the molecule is C=CC(=O)OC(CC1=CCCC1)C1=CCCC1. The first kappa shape index (κ1) is 12.2. The summed E-state index contributed by atoms with van der Waals surface area (Å²) in [6.07, 6.45) is 13.6. The van der Waals surface area contributed by atoms with E-state index in [-0.39, 0.29) is 12.1 Å². The van der Waals surface area contributed by atoms with Crippen LogP contribution in [0.3, 0.4) is 0 Å². The molecule has 2 nitrogen and oxygen atoms in total. The lowest BCUT2D eigenvalue weighted by molar-refractivity contribution is -0.141. The second-order valence-corrected chi connectivity index (χ2v) is 4.76. The van der Waals surface area contributed by atoms with Gasteiger partial charge < -0.3 is 4.74 Å². The Balaban J connectivity index is 2.00. The Morgan fingerprint density at radius 1 is 1.35 bits per heavy atom. The number of allylic oxidation sites excluding steroid dienone is 2. The third-order valence-electron chi connectivity index (χ3n) is 3.50. The van der Waals surface area contributed by atoms with Crippen LogP contribution in [0.25, 0.3) is 0 Å². The smallest absolute Gasteiger partial charge is 0.330 e. The summed E-state index contributed by atoms with van der Waals surface area (Å²) in [5, 5.41) is 0. The highest BCUT2D eigenvalue weighted by molar-refractivity contribution is 5.81. The molecular weight excluding hydrogens is 212 g/mol. The van der Waals surface area contributed by atoms with Crippen molar-refractivity contribution in [1.82, 2.24) is 0 Å². The van der Waals surface area contributed by atoms with Crippen molar-refractivity contribution in [3.05, 3.63) is 36.0 Å². The van der Waals surface area contributed by atoms with Crippen LogP contribution in [0, 0.1) is 0 Å². The summed E-state index contributed by atoms with van der Waals surface area (Å²) in [6.45, 7) is 3.46. The van der Waals surface area contributed by atoms with Crippen LogP contribution in [-0.4, -0.2) is 12.1 Å². The normalized spacial score (nSPS) is 20.7. The van der Waals surface area contributed by atoms with Crippen LogP contribution in [0.2, 0.25) is 0 Å². The van der Waals surface area contributed by atoms with Crippen LogP contribution in [0.4, 0.5) is 0 Å². The van der Waals surface area contributed by atoms with E-state index < -0.39 is 0 Å². The number of rotatable bonds is 5. The van der Waals surface area contributed by atoms with Gasteiger partial charge in [0.2, 0.25) is 0 Å². The zero-order valence-corrected chi connectivity index (χ0v) is 10.3. The van der Waals surface area contributed by atoms with Crippen molar-refractivity contribution in [1.29, 1.82) is 0 Å². The predicted octanol–water partition coefficient (Wildman–Crippen LogP) is 3.69. The standard InChI is InChI=1S/C15H20O2/c1-2-15(16)17-14(13-9-5-6-10-13)11-12-7-3-4-8-12/h2,7,9,14H,1,3-6,8,10-11H2. The van der Waals surface area contributed by atoms with E-state index in [2.05, 4.69) is 18.7 Å². The Morgan fingerprint density at radius 3 is 2.71 bits per heavy atom. The van der Waals surface area contributed by atoms with E-state index in [1.807, 2.05) is 0 Å². The molecule has 1 unspecified atom stereocenters. The van der Waals surface area contributed by atoms with Crippen LogP contribution in [-0.2, 0) is 9.53 Å². The van der Waals surface area contributed by atoms with Gasteiger partial charge in [-0.1, -0.05) is 24.3 Å². The van der Waals surface area contributed by atoms with E-state index in [0.29, 0.717) is 0 Å². The quantitative estimate of drug-likeness (QED) is 0.410. The lowest BCUT2D eigenvalue weighted by Gasteiger charge is -2.19. The number of esters is 1. The first-order valence-electron chi connectivity index (χ1n) is 6.49. The van der Waals surface area contributed by atoms with Gasteiger partial charge in [-0.25, -0.2) is 4.79 Å². The average Bonchev–Trinajstić information content (AvgIpc) is 3.00. The molecule has 0 heterocycles. The van der Waals surface area contributed by atoms with E-state index >= 15 is 0 Å². The Morgan fingerprint density at radius 2 is 2.12 bits per heavy atom. The molecule has 92 valence electrons. The third kappa shape index (κ3) is 3.32. The molecule has 2 rings (SSSR count). The van der Waals surface area contributed by atoms with E-state index in [4.69, 9.17) is 4.74 Å². The summed E-state index contributed by atoms with van der Waals surface area (Å²) in [5.41, 5.74) is 2.74. The number of ether oxygens (including phenoxy) is 1. The molecule has 1 atom stereocenters. The second kappa shape index (κ2) is 5.85. The van der Waals surface area contributed by atoms with Crippen LogP contribution in [0.15, 0.2) is 36.0 Å². The van der Waals surface area contributed by atoms with E-state index in [9.17, 15) is 4.79 Å². The number of hydrogen-bond acceptors (Lipinski definition) is 2. The Kier molecular flexibility index (Phi) is 4.18. The summed E-state index contributed by atoms with van der Waals surface area (Å²) in [6, 6.07) is 0. The van der Waals surface area contributed by atoms with Gasteiger partial charge in [-0.15, -0.1) is 0 Å². The zero-order valence-electron chi connectivity index (χ0n) is 10.3. The van der Waals surface area contributed by atoms with E-state index in [1.165, 1.54) is 36.5 Å². The molecule has 0 bridgehead atoms. The molecule has 0 saturated heterocycles. The maximum Gasteiger partial charge on any atom is 0.330 e. The topological polar surface area (TPSA) is 26.3 Å². The summed E-state index contributed by atoms with van der Waals surface area (Å²) < 4.78 is 5.48. The summed E-state index contributed by atoms with van der Waals surface area (Å²) in [7, 11) is 0. The van der Waals surface area contributed by atoms with Crippen LogP contribution in [0.5, 0.6) is 0 Å². The van der Waals surface area contributed by atoms with Crippen LogP contribution < -0.4 is 0 Å². The highest BCUT2D eigenvalue weighted by Gasteiger charge is 2.22. The van der Waals surface area contributed by atoms with Crippen molar-refractivity contribution in [2.45, 2.75) is 51.0 Å². The molecular formula is C15H20O2. The van der Waals surface area contributed by atoms with Crippen molar-refractivity contribution < 1.29 is 9.53 Å².